The van der Waals surface area contributed by atoms with Crippen molar-refractivity contribution in [2.75, 3.05) is 13.1 Å². The molecule has 1 saturated carbocycles. The fourth-order valence-electron chi connectivity index (χ4n) is 1.86. The van der Waals surface area contributed by atoms with Crippen molar-refractivity contribution in [3.63, 3.8) is 0 Å². The molecule has 2 fully saturated rings. The molecule has 0 aromatic rings. The van der Waals surface area contributed by atoms with Crippen molar-refractivity contribution < 1.29 is 23.1 Å². The highest BCUT2D eigenvalue weighted by molar-refractivity contribution is 5.89. The van der Waals surface area contributed by atoms with Crippen LogP contribution in [0.1, 0.15) is 19.3 Å². The van der Waals surface area contributed by atoms with Crippen molar-refractivity contribution in [2.24, 2.45) is 5.73 Å². The minimum Gasteiger partial charge on any atom is -0.379 e. The van der Waals surface area contributed by atoms with E-state index in [0.717, 1.165) is 4.90 Å². The molecule has 0 bridgehead atoms. The zero-order valence-corrected chi connectivity index (χ0v) is 9.77. The Kier molecular flexibility index (Phi) is 3.42. The molecule has 1 amide bonds. The smallest absolute Gasteiger partial charge is 0.379 e. The first-order valence-corrected chi connectivity index (χ1v) is 5.05. The molecule has 8 heteroatoms. The van der Waals surface area contributed by atoms with E-state index in [1.807, 2.05) is 0 Å². The highest BCUT2D eigenvalue weighted by atomic mass is 35.5. The number of halogens is 4. The number of nitrogens with zero attached hydrogens (tertiary/aromatic N) is 1. The first kappa shape index (κ1) is 14.5. The molecule has 2 aliphatic rings. The molecule has 2 rings (SSSR count). The molecule has 1 saturated heterocycles. The van der Waals surface area contributed by atoms with Crippen LogP contribution in [0.5, 0.6) is 0 Å². The SMILES string of the molecule is Cl.NC1(C(=O)N2CCC(O)(C(F)(F)F)C2)CC1. The molecule has 17 heavy (non-hydrogen) atoms. The summed E-state index contributed by atoms with van der Waals surface area (Å²) in [5.41, 5.74) is 1.87. The van der Waals surface area contributed by atoms with Crippen LogP contribution >= 0.6 is 12.4 Å². The molecule has 1 atom stereocenters. The molecule has 1 aliphatic carbocycles. The largest absolute Gasteiger partial charge is 0.419 e. The molecule has 0 radical (unpaired) electrons. The van der Waals surface area contributed by atoms with Gasteiger partial charge in [-0.25, -0.2) is 0 Å². The second kappa shape index (κ2) is 4.00. The highest BCUT2D eigenvalue weighted by Crippen LogP contribution is 2.40. The third-order valence-electron chi connectivity index (χ3n) is 3.28. The third-order valence-corrected chi connectivity index (χ3v) is 3.28. The van der Waals surface area contributed by atoms with Crippen molar-refractivity contribution in [3.8, 4) is 0 Å². The van der Waals surface area contributed by atoms with Gasteiger partial charge in [-0.2, -0.15) is 13.2 Å². The zero-order chi connectivity index (χ0) is 12.2. The normalized spacial score (nSPS) is 31.0. The molecule has 1 aliphatic heterocycles. The van der Waals surface area contributed by atoms with Crippen LogP contribution in [0.4, 0.5) is 13.2 Å². The van der Waals surface area contributed by atoms with Gasteiger partial charge in [0, 0.05) is 13.0 Å². The maximum absolute atomic E-state index is 12.5. The Morgan fingerprint density at radius 2 is 1.82 bits per heavy atom. The van der Waals surface area contributed by atoms with Crippen molar-refractivity contribution in [3.05, 3.63) is 0 Å². The summed E-state index contributed by atoms with van der Waals surface area (Å²) < 4.78 is 37.4. The molecule has 1 heterocycles. The minimum absolute atomic E-state index is 0. The Bertz CT molecular complexity index is 333. The average molecular weight is 275 g/mol. The summed E-state index contributed by atoms with van der Waals surface area (Å²) in [6, 6.07) is 0. The number of hydrogen-bond donors (Lipinski definition) is 2. The van der Waals surface area contributed by atoms with Gasteiger partial charge in [-0.15, -0.1) is 12.4 Å². The van der Waals surface area contributed by atoms with Crippen molar-refractivity contribution in [1.82, 2.24) is 4.90 Å². The van der Waals surface area contributed by atoms with Gasteiger partial charge in [-0.05, 0) is 12.8 Å². The predicted octanol–water partition coefficient (Wildman–Crippen LogP) is 0.425. The fourth-order valence-corrected chi connectivity index (χ4v) is 1.86. The van der Waals surface area contributed by atoms with Crippen LogP contribution in [0.2, 0.25) is 0 Å². The van der Waals surface area contributed by atoms with E-state index in [4.69, 9.17) is 5.73 Å². The average Bonchev–Trinajstić information content (AvgIpc) is 2.76. The number of β-amino-alcohol motifs (C(OH)–C–C–N with tert-alkyl or cyclic N) is 1. The number of hydrogen-bond acceptors (Lipinski definition) is 3. The monoisotopic (exact) mass is 274 g/mol. The predicted molar refractivity (Wildman–Crippen MR) is 55.6 cm³/mol. The van der Waals surface area contributed by atoms with Gasteiger partial charge in [0.2, 0.25) is 5.91 Å². The van der Waals surface area contributed by atoms with Gasteiger partial charge < -0.3 is 15.7 Å². The van der Waals surface area contributed by atoms with Crippen molar-refractivity contribution in [2.45, 2.75) is 36.6 Å². The Balaban J connectivity index is 0.00000144. The lowest BCUT2D eigenvalue weighted by molar-refractivity contribution is -0.253. The van der Waals surface area contributed by atoms with Crippen LogP contribution in [0, 0.1) is 0 Å². The summed E-state index contributed by atoms with van der Waals surface area (Å²) in [4.78, 5) is 12.7. The van der Waals surface area contributed by atoms with E-state index in [9.17, 15) is 23.1 Å². The number of nitrogens with two attached hydrogens (primary N) is 1. The van der Waals surface area contributed by atoms with Crippen LogP contribution in [0.25, 0.3) is 0 Å². The van der Waals surface area contributed by atoms with Gasteiger partial charge in [-0.3, -0.25) is 4.79 Å². The number of carbonyl (C=O) groups is 1. The van der Waals surface area contributed by atoms with E-state index in [1.54, 1.807) is 0 Å². The molecule has 0 aromatic heterocycles. The van der Waals surface area contributed by atoms with Gasteiger partial charge in [0.05, 0.1) is 12.1 Å². The molecule has 0 spiro atoms. The summed E-state index contributed by atoms with van der Waals surface area (Å²) in [5.74, 6) is -0.479. The molecular formula is C9H14ClF3N2O2. The van der Waals surface area contributed by atoms with Gasteiger partial charge in [0.1, 0.15) is 0 Å². The van der Waals surface area contributed by atoms with Gasteiger partial charge in [0.15, 0.2) is 5.60 Å². The Morgan fingerprint density at radius 3 is 2.18 bits per heavy atom. The quantitative estimate of drug-likeness (QED) is 0.728. The first-order chi connectivity index (χ1) is 7.18. The van der Waals surface area contributed by atoms with E-state index in [0.29, 0.717) is 12.8 Å². The molecule has 4 nitrogen and oxygen atoms in total. The maximum Gasteiger partial charge on any atom is 0.419 e. The third kappa shape index (κ3) is 2.36. The van der Waals surface area contributed by atoms with Gasteiger partial charge in [0.25, 0.3) is 0 Å². The molecule has 1 unspecified atom stereocenters. The van der Waals surface area contributed by atoms with E-state index in [1.165, 1.54) is 0 Å². The number of aliphatic hydroxyl groups is 1. The number of rotatable bonds is 1. The second-order valence-electron chi connectivity index (χ2n) is 4.66. The van der Waals surface area contributed by atoms with Gasteiger partial charge >= 0.3 is 6.18 Å². The summed E-state index contributed by atoms with van der Waals surface area (Å²) >= 11 is 0. The van der Waals surface area contributed by atoms with Crippen molar-refractivity contribution >= 4 is 18.3 Å². The summed E-state index contributed by atoms with van der Waals surface area (Å²) in [7, 11) is 0. The lowest BCUT2D eigenvalue weighted by Crippen LogP contribution is -2.50. The van der Waals surface area contributed by atoms with Crippen LogP contribution in [-0.4, -0.2) is 46.3 Å². The number of likely N-dealkylation sites (tertiary alicyclic amines) is 1. The van der Waals surface area contributed by atoms with Crippen molar-refractivity contribution in [1.29, 1.82) is 0 Å². The summed E-state index contributed by atoms with van der Waals surface area (Å²) in [5, 5.41) is 9.37. The molecule has 3 N–H and O–H groups in total. The summed E-state index contributed by atoms with van der Waals surface area (Å²) in [6.07, 6.45) is -4.16. The molecule has 100 valence electrons. The van der Waals surface area contributed by atoms with Crippen LogP contribution in [0.3, 0.4) is 0 Å². The second-order valence-corrected chi connectivity index (χ2v) is 4.66. The van der Waals surface area contributed by atoms with Crippen LogP contribution in [0.15, 0.2) is 0 Å². The highest BCUT2D eigenvalue weighted by Gasteiger charge is 2.60. The van der Waals surface area contributed by atoms with E-state index < -0.39 is 36.2 Å². The first-order valence-electron chi connectivity index (χ1n) is 5.05. The maximum atomic E-state index is 12.5. The fraction of sp³-hybridized carbons (Fsp3) is 0.889. The molecular weight excluding hydrogens is 261 g/mol. The van der Waals surface area contributed by atoms with Gasteiger partial charge in [-0.1, -0.05) is 0 Å². The Labute approximate surface area is 102 Å². The number of alkyl halides is 3. The minimum atomic E-state index is -4.70. The number of amides is 1. The van der Waals surface area contributed by atoms with E-state index in [-0.39, 0.29) is 19.0 Å². The van der Waals surface area contributed by atoms with E-state index >= 15 is 0 Å². The zero-order valence-electron chi connectivity index (χ0n) is 8.96. The lowest BCUT2D eigenvalue weighted by atomic mass is 10.0. The lowest BCUT2D eigenvalue weighted by Gasteiger charge is -2.26. The standard InChI is InChI=1S/C9H13F3N2O2.ClH/c10-9(11,12)8(16)3-4-14(5-8)6(15)7(13)1-2-7;/h16H,1-5,13H2;1H. The molecule has 0 aromatic carbocycles. The Morgan fingerprint density at radius 1 is 1.29 bits per heavy atom. The van der Waals surface area contributed by atoms with Crippen LogP contribution in [-0.2, 0) is 4.79 Å². The number of carbonyl (C=O) groups excluding carboxylic acids is 1. The Hall–Kier alpha value is -0.530. The van der Waals surface area contributed by atoms with E-state index in [2.05, 4.69) is 0 Å². The topological polar surface area (TPSA) is 66.6 Å². The summed E-state index contributed by atoms with van der Waals surface area (Å²) in [6.45, 7) is -0.790. The van der Waals surface area contributed by atoms with Crippen LogP contribution < -0.4 is 5.73 Å².